The minimum absolute atomic E-state index is 0.131. The van der Waals surface area contributed by atoms with Crippen LogP contribution in [-0.4, -0.2) is 75.4 Å². The highest BCUT2D eigenvalue weighted by atomic mass is 16.6. The summed E-state index contributed by atoms with van der Waals surface area (Å²) < 4.78 is 32.5. The zero-order chi connectivity index (χ0) is 26.0. The number of rotatable bonds is 18. The quantitative estimate of drug-likeness (QED) is 0.161. The second-order valence-electron chi connectivity index (χ2n) is 10.1. The van der Waals surface area contributed by atoms with E-state index in [0.29, 0.717) is 26.4 Å². The summed E-state index contributed by atoms with van der Waals surface area (Å²) in [5.41, 5.74) is -1.07. The standard InChI is InChI=1S/C25H46O9/c1-8-9-13-32-21(26)10-14-29-17-20(18-30-15-11-22(27)33-24(2,3)4)19-31-16-12-23(28)34-25(5,6)7/h20H,8-19H2,1-7H3. The summed E-state index contributed by atoms with van der Waals surface area (Å²) in [6.07, 6.45) is 2.28. The first-order valence-electron chi connectivity index (χ1n) is 12.1. The summed E-state index contributed by atoms with van der Waals surface area (Å²) in [5, 5.41) is 0. The molecule has 0 fully saturated rings. The van der Waals surface area contributed by atoms with Crippen molar-refractivity contribution in [2.45, 2.75) is 91.8 Å². The third-order valence-corrected chi connectivity index (χ3v) is 4.01. The molecule has 0 heterocycles. The fourth-order valence-electron chi connectivity index (χ4n) is 2.55. The molecule has 0 aliphatic heterocycles. The van der Waals surface area contributed by atoms with Crippen molar-refractivity contribution in [3.05, 3.63) is 0 Å². The maximum Gasteiger partial charge on any atom is 0.308 e. The van der Waals surface area contributed by atoms with Crippen molar-refractivity contribution in [2.24, 2.45) is 5.92 Å². The lowest BCUT2D eigenvalue weighted by atomic mass is 10.2. The molecular formula is C25H46O9. The average Bonchev–Trinajstić information content (AvgIpc) is 2.68. The smallest absolute Gasteiger partial charge is 0.308 e. The Hall–Kier alpha value is -1.71. The molecule has 0 aliphatic carbocycles. The van der Waals surface area contributed by atoms with E-state index in [9.17, 15) is 14.4 Å². The summed E-state index contributed by atoms with van der Waals surface area (Å²) in [6.45, 7) is 14.9. The molecular weight excluding hydrogens is 444 g/mol. The van der Waals surface area contributed by atoms with Gasteiger partial charge in [-0.2, -0.15) is 0 Å². The molecule has 9 nitrogen and oxygen atoms in total. The van der Waals surface area contributed by atoms with Crippen molar-refractivity contribution in [1.82, 2.24) is 0 Å². The van der Waals surface area contributed by atoms with Crippen LogP contribution in [0, 0.1) is 5.92 Å². The van der Waals surface area contributed by atoms with Gasteiger partial charge in [0.05, 0.1) is 65.5 Å². The minimum atomic E-state index is -0.535. The van der Waals surface area contributed by atoms with E-state index >= 15 is 0 Å². The van der Waals surface area contributed by atoms with E-state index in [1.807, 2.05) is 48.5 Å². The predicted octanol–water partition coefficient (Wildman–Crippen LogP) is 3.85. The monoisotopic (exact) mass is 490 g/mol. The number of esters is 3. The lowest BCUT2D eigenvalue weighted by Gasteiger charge is -2.21. The summed E-state index contributed by atoms with van der Waals surface area (Å²) in [4.78, 5) is 35.3. The van der Waals surface area contributed by atoms with Gasteiger partial charge in [0.25, 0.3) is 0 Å². The van der Waals surface area contributed by atoms with Gasteiger partial charge >= 0.3 is 17.9 Å². The largest absolute Gasteiger partial charge is 0.466 e. The molecule has 0 saturated heterocycles. The van der Waals surface area contributed by atoms with Gasteiger partial charge in [-0.1, -0.05) is 13.3 Å². The lowest BCUT2D eigenvalue weighted by Crippen LogP contribution is -2.27. The Morgan fingerprint density at radius 3 is 1.35 bits per heavy atom. The first-order chi connectivity index (χ1) is 15.8. The normalized spacial score (nSPS) is 12.0. The van der Waals surface area contributed by atoms with Gasteiger partial charge in [0.15, 0.2) is 0 Å². The van der Waals surface area contributed by atoms with Gasteiger partial charge < -0.3 is 28.4 Å². The Balaban J connectivity index is 4.36. The number of carbonyl (C=O) groups is 3. The molecule has 0 amide bonds. The Morgan fingerprint density at radius 1 is 0.618 bits per heavy atom. The highest BCUT2D eigenvalue weighted by Crippen LogP contribution is 2.10. The van der Waals surface area contributed by atoms with Crippen molar-refractivity contribution >= 4 is 17.9 Å². The molecule has 34 heavy (non-hydrogen) atoms. The van der Waals surface area contributed by atoms with Gasteiger partial charge in [-0.3, -0.25) is 14.4 Å². The van der Waals surface area contributed by atoms with Gasteiger partial charge in [0.2, 0.25) is 0 Å². The number of hydrogen-bond acceptors (Lipinski definition) is 9. The van der Waals surface area contributed by atoms with Gasteiger partial charge in [0.1, 0.15) is 11.2 Å². The first-order valence-corrected chi connectivity index (χ1v) is 12.1. The third kappa shape index (κ3) is 22.1. The lowest BCUT2D eigenvalue weighted by molar-refractivity contribution is -0.157. The maximum absolute atomic E-state index is 11.8. The van der Waals surface area contributed by atoms with Crippen LogP contribution in [0.1, 0.15) is 80.6 Å². The predicted molar refractivity (Wildman–Crippen MR) is 127 cm³/mol. The molecule has 0 atom stereocenters. The zero-order valence-electron chi connectivity index (χ0n) is 22.2. The Bertz CT molecular complexity index is 540. The Labute approximate surface area is 205 Å². The van der Waals surface area contributed by atoms with Crippen LogP contribution in [0.3, 0.4) is 0 Å². The van der Waals surface area contributed by atoms with Crippen LogP contribution >= 0.6 is 0 Å². The van der Waals surface area contributed by atoms with Crippen molar-refractivity contribution in [2.75, 3.05) is 46.2 Å². The summed E-state index contributed by atoms with van der Waals surface area (Å²) in [6, 6.07) is 0. The number of carbonyl (C=O) groups excluding carboxylic acids is 3. The molecule has 200 valence electrons. The van der Waals surface area contributed by atoms with Crippen molar-refractivity contribution in [3.63, 3.8) is 0 Å². The van der Waals surface area contributed by atoms with E-state index in [4.69, 9.17) is 28.4 Å². The van der Waals surface area contributed by atoms with Crippen LogP contribution in [0.4, 0.5) is 0 Å². The van der Waals surface area contributed by atoms with Gasteiger partial charge in [-0.25, -0.2) is 0 Å². The molecule has 9 heteroatoms. The van der Waals surface area contributed by atoms with Gasteiger partial charge in [-0.05, 0) is 48.0 Å². The van der Waals surface area contributed by atoms with Crippen LogP contribution in [0.15, 0.2) is 0 Å². The molecule has 0 rings (SSSR count). The highest BCUT2D eigenvalue weighted by molar-refractivity contribution is 5.70. The number of ether oxygens (including phenoxy) is 6. The molecule has 0 aromatic heterocycles. The summed E-state index contributed by atoms with van der Waals surface area (Å²) >= 11 is 0. The fourth-order valence-corrected chi connectivity index (χ4v) is 2.55. The van der Waals surface area contributed by atoms with Crippen molar-refractivity contribution in [1.29, 1.82) is 0 Å². The highest BCUT2D eigenvalue weighted by Gasteiger charge is 2.18. The van der Waals surface area contributed by atoms with Crippen LogP contribution in [0.5, 0.6) is 0 Å². The van der Waals surface area contributed by atoms with E-state index in [1.165, 1.54) is 0 Å². The van der Waals surface area contributed by atoms with E-state index in [2.05, 4.69) is 0 Å². The molecule has 0 spiro atoms. The third-order valence-electron chi connectivity index (χ3n) is 4.01. The molecule has 0 aromatic carbocycles. The zero-order valence-corrected chi connectivity index (χ0v) is 22.2. The Morgan fingerprint density at radius 2 is 1.00 bits per heavy atom. The molecule has 0 N–H and O–H groups in total. The summed E-state index contributed by atoms with van der Waals surface area (Å²) in [7, 11) is 0. The van der Waals surface area contributed by atoms with Crippen LogP contribution in [-0.2, 0) is 42.8 Å². The SMILES string of the molecule is CCCCOC(=O)CCOCC(COCCC(=O)OC(C)(C)C)COCCC(=O)OC(C)(C)C. The molecule has 0 aliphatic rings. The molecule has 0 aromatic rings. The van der Waals surface area contributed by atoms with E-state index in [-0.39, 0.29) is 62.9 Å². The van der Waals surface area contributed by atoms with Crippen molar-refractivity contribution < 1.29 is 42.8 Å². The first kappa shape index (κ1) is 32.3. The fraction of sp³-hybridized carbons (Fsp3) is 0.880. The van der Waals surface area contributed by atoms with Gasteiger partial charge in [-0.15, -0.1) is 0 Å². The maximum atomic E-state index is 11.8. The number of hydrogen-bond donors (Lipinski definition) is 0. The minimum Gasteiger partial charge on any atom is -0.466 e. The van der Waals surface area contributed by atoms with Crippen LogP contribution in [0.25, 0.3) is 0 Å². The van der Waals surface area contributed by atoms with Crippen LogP contribution < -0.4 is 0 Å². The molecule has 0 saturated carbocycles. The molecule has 0 unspecified atom stereocenters. The number of unbranched alkanes of at least 4 members (excludes halogenated alkanes) is 1. The van der Waals surface area contributed by atoms with Gasteiger partial charge in [0, 0.05) is 5.92 Å². The van der Waals surface area contributed by atoms with E-state index < -0.39 is 11.2 Å². The van der Waals surface area contributed by atoms with Crippen LogP contribution in [0.2, 0.25) is 0 Å². The second kappa shape index (κ2) is 17.7. The van der Waals surface area contributed by atoms with E-state index in [1.54, 1.807) is 0 Å². The molecule has 0 radical (unpaired) electrons. The summed E-state index contributed by atoms with van der Waals surface area (Å²) in [5.74, 6) is -1.06. The molecule has 0 bridgehead atoms. The Kier molecular flexibility index (Phi) is 16.8. The van der Waals surface area contributed by atoms with Crippen molar-refractivity contribution in [3.8, 4) is 0 Å². The second-order valence-corrected chi connectivity index (χ2v) is 10.1. The topological polar surface area (TPSA) is 107 Å². The van der Waals surface area contributed by atoms with E-state index in [0.717, 1.165) is 12.8 Å². The average molecular weight is 491 g/mol.